The standard InChI is InChI=1S/C20H18BrI2N3/c1-11-24-18-15-8-4-7-14(15)17(21)10-16(18)19(25-11)26-20(2,23)12-5-3-6-13(22)9-12/h3,5-6,9-10H,4,7-8H2,1-2H3,(H,24,25,26)/t20-/m0/s1. The third kappa shape index (κ3) is 3.48. The molecule has 1 aromatic heterocycles. The second kappa shape index (κ2) is 7.16. The minimum atomic E-state index is -0.266. The van der Waals surface area contributed by atoms with E-state index in [0.717, 1.165) is 35.4 Å². The van der Waals surface area contributed by atoms with Crippen molar-refractivity contribution in [3.05, 3.63) is 60.9 Å². The van der Waals surface area contributed by atoms with Crippen LogP contribution in [0.3, 0.4) is 0 Å². The average Bonchev–Trinajstić information content (AvgIpc) is 3.06. The van der Waals surface area contributed by atoms with Gasteiger partial charge in [0.05, 0.1) is 5.52 Å². The monoisotopic (exact) mass is 633 g/mol. The van der Waals surface area contributed by atoms with Crippen LogP contribution in [0.2, 0.25) is 0 Å². The number of alkyl halides is 1. The number of fused-ring (bicyclic) bond motifs is 3. The summed E-state index contributed by atoms with van der Waals surface area (Å²) in [7, 11) is 0. The normalized spacial score (nSPS) is 15.7. The van der Waals surface area contributed by atoms with Crippen LogP contribution in [0.1, 0.15) is 35.9 Å². The van der Waals surface area contributed by atoms with Crippen molar-refractivity contribution in [1.82, 2.24) is 9.97 Å². The molecular weight excluding hydrogens is 616 g/mol. The van der Waals surface area contributed by atoms with Crippen LogP contribution >= 0.6 is 61.1 Å². The first-order valence-corrected chi connectivity index (χ1v) is 11.5. The first kappa shape index (κ1) is 18.9. The lowest BCUT2D eigenvalue weighted by atomic mass is 10.0. The highest BCUT2D eigenvalue weighted by Crippen LogP contribution is 2.39. The fourth-order valence-corrected chi connectivity index (χ4v) is 5.40. The van der Waals surface area contributed by atoms with Crippen molar-refractivity contribution < 1.29 is 0 Å². The molecule has 0 aliphatic heterocycles. The van der Waals surface area contributed by atoms with Crippen LogP contribution in [0.15, 0.2) is 34.8 Å². The fourth-order valence-electron chi connectivity index (χ4n) is 3.60. The molecule has 2 aromatic carbocycles. The predicted molar refractivity (Wildman–Crippen MR) is 128 cm³/mol. The molecule has 0 unspecified atom stereocenters. The van der Waals surface area contributed by atoms with Crippen molar-refractivity contribution in [2.24, 2.45) is 0 Å². The number of aromatic nitrogens is 2. The smallest absolute Gasteiger partial charge is 0.138 e. The van der Waals surface area contributed by atoms with E-state index in [1.54, 1.807) is 0 Å². The summed E-state index contributed by atoms with van der Waals surface area (Å²) in [6.45, 7) is 4.16. The molecule has 3 aromatic rings. The van der Waals surface area contributed by atoms with Gasteiger partial charge in [-0.25, -0.2) is 9.97 Å². The predicted octanol–water partition coefficient (Wildman–Crippen LogP) is 6.51. The molecule has 6 heteroatoms. The molecule has 1 heterocycles. The van der Waals surface area contributed by atoms with Gasteiger partial charge in [0.1, 0.15) is 15.2 Å². The Hall–Kier alpha value is -0.480. The second-order valence-corrected chi connectivity index (χ2v) is 11.1. The van der Waals surface area contributed by atoms with Crippen molar-refractivity contribution in [1.29, 1.82) is 0 Å². The average molecular weight is 634 g/mol. The lowest BCUT2D eigenvalue weighted by molar-refractivity contribution is 0.834. The number of anilines is 1. The number of hydrogen-bond donors (Lipinski definition) is 1. The molecule has 1 aliphatic rings. The van der Waals surface area contributed by atoms with Crippen LogP contribution in [0.4, 0.5) is 5.82 Å². The molecule has 4 rings (SSSR count). The van der Waals surface area contributed by atoms with Gasteiger partial charge in [0, 0.05) is 13.4 Å². The number of halogens is 3. The molecule has 0 bridgehead atoms. The van der Waals surface area contributed by atoms with Crippen LogP contribution in [0.5, 0.6) is 0 Å². The van der Waals surface area contributed by atoms with Gasteiger partial charge in [-0.1, -0.05) is 28.1 Å². The fraction of sp³-hybridized carbons (Fsp3) is 0.300. The van der Waals surface area contributed by atoms with Crippen molar-refractivity contribution in [2.45, 2.75) is 36.7 Å². The van der Waals surface area contributed by atoms with Gasteiger partial charge in [0.15, 0.2) is 0 Å². The lowest BCUT2D eigenvalue weighted by Crippen LogP contribution is -2.25. The maximum absolute atomic E-state index is 4.79. The Morgan fingerprint density at radius 1 is 1.15 bits per heavy atom. The zero-order valence-electron chi connectivity index (χ0n) is 14.5. The number of nitrogens with zero attached hydrogens (tertiary/aromatic N) is 2. The van der Waals surface area contributed by atoms with Gasteiger partial charge in [-0.15, -0.1) is 0 Å². The van der Waals surface area contributed by atoms with Crippen LogP contribution in [0, 0.1) is 10.5 Å². The van der Waals surface area contributed by atoms with E-state index in [1.807, 2.05) is 6.92 Å². The van der Waals surface area contributed by atoms with E-state index >= 15 is 0 Å². The van der Waals surface area contributed by atoms with Crippen molar-refractivity contribution in [3.63, 3.8) is 0 Å². The Morgan fingerprint density at radius 2 is 1.92 bits per heavy atom. The second-order valence-electron chi connectivity index (χ2n) is 6.82. The summed E-state index contributed by atoms with van der Waals surface area (Å²) in [6.07, 6.45) is 3.43. The maximum Gasteiger partial charge on any atom is 0.138 e. The largest absolute Gasteiger partial charge is 0.352 e. The van der Waals surface area contributed by atoms with E-state index in [2.05, 4.69) is 104 Å². The Labute approximate surface area is 189 Å². The third-order valence-corrected chi connectivity index (χ3v) is 7.11. The van der Waals surface area contributed by atoms with Crippen molar-refractivity contribution in [3.8, 4) is 0 Å². The van der Waals surface area contributed by atoms with Crippen molar-refractivity contribution in [2.75, 3.05) is 5.32 Å². The topological polar surface area (TPSA) is 37.8 Å². The number of rotatable bonds is 3. The van der Waals surface area contributed by atoms with Gasteiger partial charge in [-0.2, -0.15) is 0 Å². The lowest BCUT2D eigenvalue weighted by Gasteiger charge is -2.27. The minimum absolute atomic E-state index is 0.266. The number of aryl methyl sites for hydroxylation is 2. The van der Waals surface area contributed by atoms with Gasteiger partial charge in [-0.3, -0.25) is 0 Å². The highest BCUT2D eigenvalue weighted by molar-refractivity contribution is 14.1. The molecule has 0 fully saturated rings. The summed E-state index contributed by atoms with van der Waals surface area (Å²) in [5, 5.41) is 4.77. The third-order valence-electron chi connectivity index (χ3n) is 4.84. The Morgan fingerprint density at radius 3 is 2.69 bits per heavy atom. The van der Waals surface area contributed by atoms with Gasteiger partial charge in [0.2, 0.25) is 0 Å². The molecule has 26 heavy (non-hydrogen) atoms. The van der Waals surface area contributed by atoms with Gasteiger partial charge >= 0.3 is 0 Å². The van der Waals surface area contributed by atoms with Gasteiger partial charge in [0.25, 0.3) is 0 Å². The van der Waals surface area contributed by atoms with Crippen LogP contribution in [-0.2, 0) is 16.4 Å². The molecule has 3 nitrogen and oxygen atoms in total. The Balaban J connectivity index is 1.85. The van der Waals surface area contributed by atoms with Gasteiger partial charge < -0.3 is 5.32 Å². The molecule has 0 radical (unpaired) electrons. The highest BCUT2D eigenvalue weighted by atomic mass is 127. The quantitative estimate of drug-likeness (QED) is 0.203. The summed E-state index contributed by atoms with van der Waals surface area (Å²) in [5.41, 5.74) is 5.13. The minimum Gasteiger partial charge on any atom is -0.352 e. The molecule has 0 spiro atoms. The molecular formula is C20H18BrI2N3. The first-order valence-electron chi connectivity index (χ1n) is 8.57. The molecule has 1 atom stereocenters. The Kier molecular flexibility index (Phi) is 5.20. The van der Waals surface area contributed by atoms with E-state index in [4.69, 9.17) is 9.97 Å². The summed E-state index contributed by atoms with van der Waals surface area (Å²) >= 11 is 8.59. The van der Waals surface area contributed by atoms with Gasteiger partial charge in [-0.05, 0) is 113 Å². The molecule has 0 saturated heterocycles. The SMILES string of the molecule is Cc1nc(N[C@](C)(I)c2cccc(I)c2)c2cc(Br)c3c(c2n1)CCC3. The van der Waals surface area contributed by atoms with E-state index in [9.17, 15) is 0 Å². The number of benzene rings is 2. The molecule has 1 aliphatic carbocycles. The number of nitrogens with one attached hydrogen (secondary N) is 1. The van der Waals surface area contributed by atoms with Crippen LogP contribution < -0.4 is 5.32 Å². The zero-order chi connectivity index (χ0) is 18.5. The maximum atomic E-state index is 4.79. The zero-order valence-corrected chi connectivity index (χ0v) is 20.4. The molecule has 0 amide bonds. The van der Waals surface area contributed by atoms with E-state index in [1.165, 1.54) is 31.2 Å². The van der Waals surface area contributed by atoms with E-state index in [0.29, 0.717) is 0 Å². The first-order chi connectivity index (χ1) is 12.3. The molecule has 134 valence electrons. The van der Waals surface area contributed by atoms with E-state index < -0.39 is 0 Å². The summed E-state index contributed by atoms with van der Waals surface area (Å²) in [5.74, 6) is 1.71. The van der Waals surface area contributed by atoms with E-state index in [-0.39, 0.29) is 3.55 Å². The molecule has 1 N–H and O–H groups in total. The Bertz CT molecular complexity index is 1020. The highest BCUT2D eigenvalue weighted by Gasteiger charge is 2.26. The van der Waals surface area contributed by atoms with Crippen molar-refractivity contribution >= 4 is 77.8 Å². The van der Waals surface area contributed by atoms with Crippen LogP contribution in [0.25, 0.3) is 10.9 Å². The summed E-state index contributed by atoms with van der Waals surface area (Å²) < 4.78 is 2.14. The summed E-state index contributed by atoms with van der Waals surface area (Å²) in [6, 6.07) is 10.8. The number of hydrogen-bond acceptors (Lipinski definition) is 3. The van der Waals surface area contributed by atoms with Crippen LogP contribution in [-0.4, -0.2) is 9.97 Å². The molecule has 0 saturated carbocycles. The summed E-state index contributed by atoms with van der Waals surface area (Å²) in [4.78, 5) is 9.54.